The molecule has 1 unspecified atom stereocenters. The third-order valence-corrected chi connectivity index (χ3v) is 5.41. The third kappa shape index (κ3) is 9.70. The fraction of sp³-hybridized carbons (Fsp3) is 0.640. The SMILES string of the molecule is CCCCCCCCCCCC[C@H]1OC(O)(COCc2ccccc2)C=CC1=O. The minimum absolute atomic E-state index is 0.0141. The summed E-state index contributed by atoms with van der Waals surface area (Å²) in [5.74, 6) is -1.58. The van der Waals surface area contributed by atoms with Crippen molar-refractivity contribution in [3.05, 3.63) is 48.0 Å². The van der Waals surface area contributed by atoms with E-state index in [4.69, 9.17) is 9.47 Å². The van der Waals surface area contributed by atoms with Crippen LogP contribution in [0, 0.1) is 0 Å². The van der Waals surface area contributed by atoms with Crippen LogP contribution in [0.2, 0.25) is 0 Å². The maximum Gasteiger partial charge on any atom is 0.210 e. The predicted molar refractivity (Wildman–Crippen MR) is 117 cm³/mol. The molecule has 1 aliphatic heterocycles. The molecule has 1 heterocycles. The highest BCUT2D eigenvalue weighted by Crippen LogP contribution is 2.23. The van der Waals surface area contributed by atoms with Gasteiger partial charge in [-0.25, -0.2) is 0 Å². The predicted octanol–water partition coefficient (Wildman–Crippen LogP) is 5.73. The van der Waals surface area contributed by atoms with E-state index in [0.29, 0.717) is 13.0 Å². The van der Waals surface area contributed by atoms with Gasteiger partial charge in [0, 0.05) is 0 Å². The molecule has 162 valence electrons. The molecule has 0 saturated carbocycles. The Balaban J connectivity index is 1.59. The van der Waals surface area contributed by atoms with Crippen LogP contribution in [0.4, 0.5) is 0 Å². The highest BCUT2D eigenvalue weighted by molar-refractivity contribution is 5.94. The van der Waals surface area contributed by atoms with Crippen molar-refractivity contribution in [1.82, 2.24) is 0 Å². The van der Waals surface area contributed by atoms with Gasteiger partial charge in [-0.2, -0.15) is 0 Å². The van der Waals surface area contributed by atoms with Crippen LogP contribution in [-0.4, -0.2) is 29.4 Å². The summed E-state index contributed by atoms with van der Waals surface area (Å²) in [4.78, 5) is 12.1. The molecule has 1 aromatic rings. The molecule has 1 aliphatic rings. The van der Waals surface area contributed by atoms with Crippen molar-refractivity contribution in [2.24, 2.45) is 0 Å². The Kier molecular flexibility index (Phi) is 11.2. The van der Waals surface area contributed by atoms with Gasteiger partial charge in [0.2, 0.25) is 5.79 Å². The molecule has 0 aromatic heterocycles. The molecule has 0 spiro atoms. The van der Waals surface area contributed by atoms with Crippen LogP contribution in [0.25, 0.3) is 0 Å². The summed E-state index contributed by atoms with van der Waals surface area (Å²) in [5.41, 5.74) is 1.04. The average molecular weight is 403 g/mol. The fourth-order valence-electron chi connectivity index (χ4n) is 3.65. The van der Waals surface area contributed by atoms with E-state index >= 15 is 0 Å². The lowest BCUT2D eigenvalue weighted by Crippen LogP contribution is -2.45. The number of benzene rings is 1. The number of hydrogen-bond acceptors (Lipinski definition) is 4. The number of carbonyl (C=O) groups excluding carboxylic acids is 1. The Morgan fingerprint density at radius 3 is 2.24 bits per heavy atom. The zero-order valence-electron chi connectivity index (χ0n) is 18.0. The molecule has 2 atom stereocenters. The molecule has 0 bridgehead atoms. The molecule has 4 heteroatoms. The Hall–Kier alpha value is -1.49. The van der Waals surface area contributed by atoms with Crippen LogP contribution in [0.5, 0.6) is 0 Å². The van der Waals surface area contributed by atoms with Gasteiger partial charge in [-0.15, -0.1) is 0 Å². The molecule has 0 fully saturated rings. The van der Waals surface area contributed by atoms with Gasteiger partial charge in [0.1, 0.15) is 12.7 Å². The quantitative estimate of drug-likeness (QED) is 0.381. The number of ether oxygens (including phenoxy) is 2. The number of ketones is 1. The van der Waals surface area contributed by atoms with Gasteiger partial charge >= 0.3 is 0 Å². The zero-order valence-corrected chi connectivity index (χ0v) is 18.0. The number of unbranched alkanes of at least 4 members (excludes halogenated alkanes) is 9. The minimum atomic E-state index is -1.52. The van der Waals surface area contributed by atoms with E-state index in [-0.39, 0.29) is 12.4 Å². The molecule has 0 aliphatic carbocycles. The highest BCUT2D eigenvalue weighted by Gasteiger charge is 2.35. The largest absolute Gasteiger partial charge is 0.371 e. The lowest BCUT2D eigenvalue weighted by molar-refractivity contribution is -0.227. The smallest absolute Gasteiger partial charge is 0.210 e. The van der Waals surface area contributed by atoms with Crippen molar-refractivity contribution < 1.29 is 19.4 Å². The van der Waals surface area contributed by atoms with Crippen molar-refractivity contribution in [1.29, 1.82) is 0 Å². The first-order chi connectivity index (χ1) is 14.1. The Morgan fingerprint density at radius 2 is 1.59 bits per heavy atom. The summed E-state index contributed by atoms with van der Waals surface area (Å²) < 4.78 is 11.3. The van der Waals surface area contributed by atoms with Crippen LogP contribution < -0.4 is 0 Å². The molecule has 4 nitrogen and oxygen atoms in total. The van der Waals surface area contributed by atoms with Crippen LogP contribution in [-0.2, 0) is 20.9 Å². The molecule has 0 saturated heterocycles. The molecule has 29 heavy (non-hydrogen) atoms. The lowest BCUT2D eigenvalue weighted by atomic mass is 10.0. The second-order valence-electron chi connectivity index (χ2n) is 8.14. The molecular formula is C25H38O4. The van der Waals surface area contributed by atoms with Crippen LogP contribution in [0.15, 0.2) is 42.5 Å². The maximum absolute atomic E-state index is 12.1. The summed E-state index contributed by atoms with van der Waals surface area (Å²) >= 11 is 0. The van der Waals surface area contributed by atoms with E-state index in [1.807, 2.05) is 30.3 Å². The first-order valence-corrected chi connectivity index (χ1v) is 11.4. The van der Waals surface area contributed by atoms with Crippen molar-refractivity contribution in [2.75, 3.05) is 6.61 Å². The summed E-state index contributed by atoms with van der Waals surface area (Å²) in [6.45, 7) is 2.66. The summed E-state index contributed by atoms with van der Waals surface area (Å²) in [6, 6.07) is 9.79. The molecule has 2 rings (SSSR count). The second-order valence-corrected chi connectivity index (χ2v) is 8.14. The average Bonchev–Trinajstić information content (AvgIpc) is 2.73. The Morgan fingerprint density at radius 1 is 0.966 bits per heavy atom. The van der Waals surface area contributed by atoms with Crippen LogP contribution >= 0.6 is 0 Å². The van der Waals surface area contributed by atoms with E-state index in [0.717, 1.165) is 18.4 Å². The van der Waals surface area contributed by atoms with E-state index < -0.39 is 11.9 Å². The molecule has 1 N–H and O–H groups in total. The van der Waals surface area contributed by atoms with Crippen molar-refractivity contribution in [3.8, 4) is 0 Å². The van der Waals surface area contributed by atoms with Gasteiger partial charge in [-0.1, -0.05) is 101 Å². The zero-order chi connectivity index (χ0) is 20.8. The van der Waals surface area contributed by atoms with Crippen LogP contribution in [0.1, 0.15) is 83.1 Å². The van der Waals surface area contributed by atoms with Crippen molar-refractivity contribution in [2.45, 2.75) is 96.1 Å². The monoisotopic (exact) mass is 402 g/mol. The third-order valence-electron chi connectivity index (χ3n) is 5.41. The van der Waals surface area contributed by atoms with Crippen molar-refractivity contribution in [3.63, 3.8) is 0 Å². The molecule has 1 aromatic carbocycles. The summed E-state index contributed by atoms with van der Waals surface area (Å²) in [7, 11) is 0. The topological polar surface area (TPSA) is 55.8 Å². The normalized spacial score (nSPS) is 21.6. The van der Waals surface area contributed by atoms with Crippen molar-refractivity contribution >= 4 is 5.78 Å². The molecular weight excluding hydrogens is 364 g/mol. The van der Waals surface area contributed by atoms with E-state index in [1.54, 1.807) is 0 Å². The van der Waals surface area contributed by atoms with Crippen LogP contribution in [0.3, 0.4) is 0 Å². The number of carbonyl (C=O) groups is 1. The lowest BCUT2D eigenvalue weighted by Gasteiger charge is -2.32. The molecule has 0 radical (unpaired) electrons. The number of aliphatic hydroxyl groups is 1. The van der Waals surface area contributed by atoms with Gasteiger partial charge in [0.05, 0.1) is 6.61 Å². The Labute approximate surface area is 176 Å². The first-order valence-electron chi connectivity index (χ1n) is 11.4. The van der Waals surface area contributed by atoms with E-state index in [1.165, 1.54) is 63.5 Å². The Bertz CT molecular complexity index is 598. The van der Waals surface area contributed by atoms with Gasteiger partial charge < -0.3 is 14.6 Å². The fourth-order valence-corrected chi connectivity index (χ4v) is 3.65. The van der Waals surface area contributed by atoms with Gasteiger partial charge in [0.25, 0.3) is 0 Å². The molecule has 0 amide bonds. The maximum atomic E-state index is 12.1. The number of rotatable bonds is 15. The number of hydrogen-bond donors (Lipinski definition) is 1. The van der Waals surface area contributed by atoms with E-state index in [9.17, 15) is 9.90 Å². The van der Waals surface area contributed by atoms with Gasteiger partial charge in [0.15, 0.2) is 5.78 Å². The van der Waals surface area contributed by atoms with Gasteiger partial charge in [-0.05, 0) is 24.1 Å². The van der Waals surface area contributed by atoms with E-state index in [2.05, 4.69) is 6.92 Å². The summed E-state index contributed by atoms with van der Waals surface area (Å²) in [5, 5.41) is 10.6. The standard InChI is InChI=1S/C25H38O4/c1-2-3-4-5-6-7-8-9-10-14-17-24-23(26)18-19-25(27,29-24)21-28-20-22-15-12-11-13-16-22/h11-13,15-16,18-19,24,27H,2-10,14,17,20-21H2,1H3/t24-,25?/m1/s1. The second kappa shape index (κ2) is 13.7. The van der Waals surface area contributed by atoms with Gasteiger partial charge in [-0.3, -0.25) is 4.79 Å². The summed E-state index contributed by atoms with van der Waals surface area (Å²) in [6.07, 6.45) is 15.5. The minimum Gasteiger partial charge on any atom is -0.371 e. The first kappa shape index (κ1) is 23.8. The highest BCUT2D eigenvalue weighted by atomic mass is 16.7.